The fourth-order valence-corrected chi connectivity index (χ4v) is 7.39. The normalized spacial score (nSPS) is 26.5. The van der Waals surface area contributed by atoms with Gasteiger partial charge in [0.2, 0.25) is 5.91 Å². The summed E-state index contributed by atoms with van der Waals surface area (Å²) in [6.45, 7) is 0. The van der Waals surface area contributed by atoms with Crippen molar-refractivity contribution in [3.63, 3.8) is 0 Å². The van der Waals surface area contributed by atoms with Gasteiger partial charge in [0.05, 0.1) is 18.0 Å². The number of nitrogens with zero attached hydrogens (tertiary/aromatic N) is 3. The highest BCUT2D eigenvalue weighted by atomic mass is 32.2. The van der Waals surface area contributed by atoms with Crippen LogP contribution in [0.15, 0.2) is 67.0 Å². The molecule has 1 N–H and O–H groups in total. The van der Waals surface area contributed by atoms with E-state index in [4.69, 9.17) is 4.74 Å². The Balaban J connectivity index is 1.60. The van der Waals surface area contributed by atoms with E-state index in [0.717, 1.165) is 11.3 Å². The van der Waals surface area contributed by atoms with Crippen LogP contribution in [0.2, 0.25) is 0 Å². The number of ether oxygens (including phenoxy) is 1. The van der Waals surface area contributed by atoms with Crippen LogP contribution in [0.1, 0.15) is 27.4 Å². The summed E-state index contributed by atoms with van der Waals surface area (Å²) in [5.74, 6) is 0.335. The minimum atomic E-state index is -1.25. The molecule has 6 rings (SSSR count). The number of nitro groups is 1. The maximum Gasteiger partial charge on any atom is 0.269 e. The lowest BCUT2D eigenvalue weighted by Gasteiger charge is -2.36. The summed E-state index contributed by atoms with van der Waals surface area (Å²) < 4.78 is 5.49. The standard InChI is InChI=1S/C26H22N4O5S/c1-35-18-8-9-20-19(11-18)26(25(32)28-20)23(24(31)16-3-2-10-27-12-16)22(21-13-36-14-29(21)26)15-4-6-17(7-5-15)30(33)34/h2-12,21-23H,13-14H2,1H3,(H,28,32)/t21-,22-,23-,26+/m1/s1. The molecule has 182 valence electrons. The number of amides is 1. The maximum atomic E-state index is 14.3. The number of ketones is 1. The predicted octanol–water partition coefficient (Wildman–Crippen LogP) is 3.82. The number of nitro benzene ring substituents is 1. The third-order valence-corrected chi connectivity index (χ3v) is 8.58. The molecule has 2 aromatic carbocycles. The number of pyridine rings is 1. The predicted molar refractivity (Wildman–Crippen MR) is 134 cm³/mol. The number of non-ortho nitro benzene ring substituents is 1. The number of carbonyl (C=O) groups excluding carboxylic acids is 2. The number of hydrogen-bond acceptors (Lipinski definition) is 8. The average molecular weight is 503 g/mol. The van der Waals surface area contributed by atoms with E-state index in [1.165, 1.54) is 18.3 Å². The van der Waals surface area contributed by atoms with E-state index >= 15 is 0 Å². The van der Waals surface area contributed by atoms with Gasteiger partial charge in [0.1, 0.15) is 11.3 Å². The van der Waals surface area contributed by atoms with Crippen molar-refractivity contribution in [2.24, 2.45) is 5.92 Å². The molecule has 0 unspecified atom stereocenters. The lowest BCUT2D eigenvalue weighted by molar-refractivity contribution is -0.384. The number of anilines is 1. The quantitative estimate of drug-likeness (QED) is 0.318. The van der Waals surface area contributed by atoms with Gasteiger partial charge in [-0.3, -0.25) is 29.6 Å². The second kappa shape index (κ2) is 8.42. The Morgan fingerprint density at radius 2 is 2.06 bits per heavy atom. The second-order valence-corrected chi connectivity index (χ2v) is 10.1. The van der Waals surface area contributed by atoms with Crippen molar-refractivity contribution in [3.05, 3.63) is 93.8 Å². The number of carbonyl (C=O) groups is 2. The minimum Gasteiger partial charge on any atom is -0.497 e. The highest BCUT2D eigenvalue weighted by Gasteiger charge is 2.69. The number of benzene rings is 2. The summed E-state index contributed by atoms with van der Waals surface area (Å²) in [5, 5.41) is 14.3. The van der Waals surface area contributed by atoms with E-state index < -0.39 is 16.4 Å². The van der Waals surface area contributed by atoms with Gasteiger partial charge in [-0.25, -0.2) is 0 Å². The maximum absolute atomic E-state index is 14.3. The molecule has 4 heterocycles. The molecule has 36 heavy (non-hydrogen) atoms. The molecule has 2 fully saturated rings. The Kier molecular flexibility index (Phi) is 5.31. The topological polar surface area (TPSA) is 115 Å². The van der Waals surface area contributed by atoms with Gasteiger partial charge in [0.15, 0.2) is 5.78 Å². The number of fused-ring (bicyclic) bond motifs is 4. The van der Waals surface area contributed by atoms with E-state index in [1.807, 2.05) is 12.1 Å². The molecule has 3 aliphatic rings. The number of aromatic nitrogens is 1. The van der Waals surface area contributed by atoms with Crippen LogP contribution in [0.4, 0.5) is 11.4 Å². The van der Waals surface area contributed by atoms with Crippen LogP contribution in [0.25, 0.3) is 0 Å². The van der Waals surface area contributed by atoms with Crippen LogP contribution >= 0.6 is 11.8 Å². The smallest absolute Gasteiger partial charge is 0.269 e. The Bertz CT molecular complexity index is 1380. The van der Waals surface area contributed by atoms with Crippen LogP contribution in [0.3, 0.4) is 0 Å². The zero-order valence-electron chi connectivity index (χ0n) is 19.3. The first-order valence-electron chi connectivity index (χ1n) is 11.5. The van der Waals surface area contributed by atoms with Crippen LogP contribution in [0, 0.1) is 16.0 Å². The van der Waals surface area contributed by atoms with Gasteiger partial charge in [0.25, 0.3) is 5.69 Å². The van der Waals surface area contributed by atoms with Crippen molar-refractivity contribution >= 4 is 34.8 Å². The second-order valence-electron chi connectivity index (χ2n) is 9.13. The zero-order valence-corrected chi connectivity index (χ0v) is 20.1. The summed E-state index contributed by atoms with van der Waals surface area (Å²) >= 11 is 1.71. The monoisotopic (exact) mass is 502 g/mol. The summed E-state index contributed by atoms with van der Waals surface area (Å²) in [6, 6.07) is 15.1. The Morgan fingerprint density at radius 1 is 1.25 bits per heavy atom. The number of rotatable bonds is 5. The summed E-state index contributed by atoms with van der Waals surface area (Å²) in [4.78, 5) is 45.5. The molecule has 2 saturated heterocycles. The van der Waals surface area contributed by atoms with Crippen LogP contribution in [0.5, 0.6) is 5.75 Å². The zero-order chi connectivity index (χ0) is 25.0. The van der Waals surface area contributed by atoms with Gasteiger partial charge in [-0.05, 0) is 35.9 Å². The SMILES string of the molecule is COc1ccc2c(c1)[C@@]1(C(=O)N2)[C@@H](C(=O)c2cccnc2)[C@H](c2ccc([N+](=O)[O-])cc2)[C@H]2CSCN21. The largest absolute Gasteiger partial charge is 0.497 e. The van der Waals surface area contributed by atoms with E-state index in [2.05, 4.69) is 15.2 Å². The molecule has 3 aliphatic heterocycles. The molecule has 0 radical (unpaired) electrons. The van der Waals surface area contributed by atoms with Gasteiger partial charge in [0, 0.05) is 64.9 Å². The fraction of sp³-hybridized carbons (Fsp3) is 0.269. The van der Waals surface area contributed by atoms with Gasteiger partial charge in [-0.2, -0.15) is 0 Å². The Labute approximate surface area is 211 Å². The highest BCUT2D eigenvalue weighted by Crippen LogP contribution is 2.61. The van der Waals surface area contributed by atoms with Crippen molar-refractivity contribution in [3.8, 4) is 5.75 Å². The molecule has 1 aromatic heterocycles. The van der Waals surface area contributed by atoms with Gasteiger partial charge in [-0.15, -0.1) is 11.8 Å². The van der Waals surface area contributed by atoms with Crippen molar-refractivity contribution in [2.45, 2.75) is 17.5 Å². The number of nitrogens with one attached hydrogen (secondary N) is 1. The molecule has 3 aromatic rings. The number of hydrogen-bond donors (Lipinski definition) is 1. The third-order valence-electron chi connectivity index (χ3n) is 7.55. The lowest BCUT2D eigenvalue weighted by atomic mass is 9.69. The molecule has 0 bridgehead atoms. The van der Waals surface area contributed by atoms with Gasteiger partial charge >= 0.3 is 0 Å². The summed E-state index contributed by atoms with van der Waals surface area (Å²) in [7, 11) is 1.57. The van der Waals surface area contributed by atoms with Crippen LogP contribution in [-0.4, -0.2) is 51.3 Å². The average Bonchev–Trinajstić information content (AvgIpc) is 3.57. The molecule has 9 nitrogen and oxygen atoms in total. The Morgan fingerprint density at radius 3 is 2.75 bits per heavy atom. The van der Waals surface area contributed by atoms with E-state index in [1.54, 1.807) is 55.4 Å². The third kappa shape index (κ3) is 3.11. The molecule has 1 spiro atoms. The first-order chi connectivity index (χ1) is 17.5. The summed E-state index contributed by atoms with van der Waals surface area (Å²) in [5.41, 5.74) is 1.31. The van der Waals surface area contributed by atoms with E-state index in [9.17, 15) is 19.7 Å². The number of thioether (sulfide) groups is 1. The van der Waals surface area contributed by atoms with E-state index in [0.29, 0.717) is 28.4 Å². The van der Waals surface area contributed by atoms with Gasteiger partial charge < -0.3 is 10.1 Å². The fourth-order valence-electron chi connectivity index (χ4n) is 6.06. The molecule has 4 atom stereocenters. The summed E-state index contributed by atoms with van der Waals surface area (Å²) in [6.07, 6.45) is 3.13. The number of Topliss-reactive ketones (excluding diaryl/α,β-unsaturated/α-hetero) is 1. The van der Waals surface area contributed by atoms with Crippen LogP contribution < -0.4 is 10.1 Å². The van der Waals surface area contributed by atoms with E-state index in [-0.39, 0.29) is 29.3 Å². The minimum absolute atomic E-state index is 0.0204. The molecule has 1 amide bonds. The van der Waals surface area contributed by atoms with Crippen molar-refractivity contribution in [1.82, 2.24) is 9.88 Å². The molecule has 0 saturated carbocycles. The van der Waals surface area contributed by atoms with Crippen molar-refractivity contribution in [1.29, 1.82) is 0 Å². The molecule has 0 aliphatic carbocycles. The molecule has 10 heteroatoms. The first-order valence-corrected chi connectivity index (χ1v) is 12.7. The highest BCUT2D eigenvalue weighted by molar-refractivity contribution is 7.99. The number of methoxy groups -OCH3 is 1. The van der Waals surface area contributed by atoms with Crippen molar-refractivity contribution in [2.75, 3.05) is 24.1 Å². The molecular weight excluding hydrogens is 480 g/mol. The first kappa shape index (κ1) is 22.7. The molecular formula is C26H22N4O5S. The van der Waals surface area contributed by atoms with Crippen molar-refractivity contribution < 1.29 is 19.2 Å². The van der Waals surface area contributed by atoms with Gasteiger partial charge in [-0.1, -0.05) is 12.1 Å². The van der Waals surface area contributed by atoms with Crippen LogP contribution in [-0.2, 0) is 10.3 Å². The Hall–Kier alpha value is -3.76. The lowest BCUT2D eigenvalue weighted by Crippen LogP contribution is -2.52.